The number of hydrogen-bond donors (Lipinski definition) is 2. The summed E-state index contributed by atoms with van der Waals surface area (Å²) in [5.41, 5.74) is 6.33. The number of aryl methyl sites for hydroxylation is 4. The van der Waals surface area contributed by atoms with Gasteiger partial charge in [-0.2, -0.15) is 0 Å². The maximum atomic E-state index is 12.6. The molecule has 0 spiro atoms. The molecule has 0 saturated heterocycles. The maximum Gasteiger partial charge on any atom is 0.238 e. The van der Waals surface area contributed by atoms with Crippen LogP contribution in [0.3, 0.4) is 0 Å². The van der Waals surface area contributed by atoms with Crippen molar-refractivity contribution in [2.45, 2.75) is 55.4 Å². The molecule has 0 aliphatic carbocycles. The Labute approximate surface area is 287 Å². The van der Waals surface area contributed by atoms with Gasteiger partial charge in [0.1, 0.15) is 0 Å². The summed E-state index contributed by atoms with van der Waals surface area (Å²) in [6.45, 7) is 20.8. The number of nitrogens with one attached hydrogen (secondary N) is 2. The SMILES string of the molecule is CCN(CC)CC(=O)Nc1c(C)cccc1C.CCN(CC)CC(=O)Nc1c(C)cccc1C.Fc1c(F)c(Br)c(F)c(F)c1Br. The number of likely N-dealkylation sites (N-methyl/N-ethyl adjacent to an activating group) is 2. The predicted octanol–water partition coefficient (Wildman–Crippen LogP) is 8.94. The Hall–Kier alpha value is -2.80. The van der Waals surface area contributed by atoms with Crippen LogP contribution in [-0.4, -0.2) is 60.9 Å². The van der Waals surface area contributed by atoms with E-state index in [4.69, 9.17) is 0 Å². The monoisotopic (exact) mass is 774 g/mol. The highest BCUT2D eigenvalue weighted by molar-refractivity contribution is 9.11. The number of carbonyl (C=O) groups excluding carboxylic acids is 2. The molecule has 0 aliphatic rings. The third-order valence-electron chi connectivity index (χ3n) is 7.17. The Balaban J connectivity index is 0.000000351. The van der Waals surface area contributed by atoms with Crippen LogP contribution in [0.25, 0.3) is 0 Å². The van der Waals surface area contributed by atoms with Gasteiger partial charge in [-0.25, -0.2) is 17.6 Å². The third-order valence-corrected chi connectivity index (χ3v) is 8.56. The topological polar surface area (TPSA) is 64.7 Å². The normalized spacial score (nSPS) is 10.6. The van der Waals surface area contributed by atoms with Crippen molar-refractivity contribution in [3.63, 3.8) is 0 Å². The van der Waals surface area contributed by atoms with Crippen LogP contribution in [0.2, 0.25) is 0 Å². The van der Waals surface area contributed by atoms with Crippen molar-refractivity contribution < 1.29 is 27.2 Å². The molecule has 2 N–H and O–H groups in total. The summed E-state index contributed by atoms with van der Waals surface area (Å²) < 4.78 is 48.6. The van der Waals surface area contributed by atoms with E-state index >= 15 is 0 Å². The number of halogens is 6. The summed E-state index contributed by atoms with van der Waals surface area (Å²) in [7, 11) is 0. The first-order chi connectivity index (χ1) is 21.6. The zero-order valence-corrected chi connectivity index (χ0v) is 30.9. The molecule has 3 rings (SSSR count). The summed E-state index contributed by atoms with van der Waals surface area (Å²) >= 11 is 4.73. The predicted molar refractivity (Wildman–Crippen MR) is 186 cm³/mol. The van der Waals surface area contributed by atoms with Gasteiger partial charge >= 0.3 is 0 Å². The van der Waals surface area contributed by atoms with Gasteiger partial charge in [0.15, 0.2) is 23.3 Å². The number of rotatable bonds is 10. The second kappa shape index (κ2) is 20.4. The van der Waals surface area contributed by atoms with E-state index in [1.165, 1.54) is 0 Å². The second-order valence-electron chi connectivity index (χ2n) is 10.4. The van der Waals surface area contributed by atoms with E-state index in [0.717, 1.165) is 59.8 Å². The quantitative estimate of drug-likeness (QED) is 0.123. The van der Waals surface area contributed by atoms with E-state index in [1.54, 1.807) is 0 Å². The van der Waals surface area contributed by atoms with Crippen LogP contribution in [0.1, 0.15) is 49.9 Å². The average molecular weight is 777 g/mol. The first-order valence-electron chi connectivity index (χ1n) is 15.0. The number of benzene rings is 3. The molecule has 0 radical (unpaired) electrons. The fraction of sp³-hybridized carbons (Fsp3) is 0.412. The molecule has 3 aromatic rings. The Bertz CT molecular complexity index is 1240. The first-order valence-corrected chi connectivity index (χ1v) is 16.5. The van der Waals surface area contributed by atoms with Crippen molar-refractivity contribution in [2.75, 3.05) is 49.9 Å². The highest BCUT2D eigenvalue weighted by atomic mass is 79.9. The van der Waals surface area contributed by atoms with Crippen LogP contribution in [0, 0.1) is 51.0 Å². The number of anilines is 2. The van der Waals surface area contributed by atoms with Crippen LogP contribution < -0.4 is 10.6 Å². The lowest BCUT2D eigenvalue weighted by Crippen LogP contribution is -2.33. The van der Waals surface area contributed by atoms with Gasteiger partial charge in [0.05, 0.1) is 22.0 Å². The Kier molecular flexibility index (Phi) is 18.3. The lowest BCUT2D eigenvalue weighted by molar-refractivity contribution is -0.118. The Morgan fingerprint density at radius 1 is 0.565 bits per heavy atom. The standard InChI is InChI=1S/2C14H22N2O.C6Br2F4/c2*1-5-16(6-2)10-13(17)15-14-11(3)8-7-9-12(14)4;7-1-3(9)5(11)2(8)6(12)4(1)10/h2*7-9H,5-6,10H2,1-4H3,(H,15,17);. The fourth-order valence-electron chi connectivity index (χ4n) is 4.26. The van der Waals surface area contributed by atoms with E-state index < -0.39 is 32.2 Å². The molecule has 0 aliphatic heterocycles. The van der Waals surface area contributed by atoms with E-state index in [-0.39, 0.29) is 11.8 Å². The van der Waals surface area contributed by atoms with Crippen LogP contribution in [0.5, 0.6) is 0 Å². The van der Waals surface area contributed by atoms with Crippen molar-refractivity contribution in [3.05, 3.63) is 90.9 Å². The van der Waals surface area contributed by atoms with Crippen molar-refractivity contribution in [1.82, 2.24) is 9.80 Å². The third kappa shape index (κ3) is 12.4. The minimum atomic E-state index is -1.46. The number of carbonyl (C=O) groups is 2. The summed E-state index contributed by atoms with van der Waals surface area (Å²) in [6, 6.07) is 12.1. The van der Waals surface area contributed by atoms with Crippen molar-refractivity contribution in [3.8, 4) is 0 Å². The zero-order chi connectivity index (χ0) is 35.1. The van der Waals surface area contributed by atoms with Crippen molar-refractivity contribution in [1.29, 1.82) is 0 Å². The number of amides is 2. The largest absolute Gasteiger partial charge is 0.324 e. The molecule has 0 saturated carbocycles. The number of para-hydroxylation sites is 2. The highest BCUT2D eigenvalue weighted by Crippen LogP contribution is 2.31. The van der Waals surface area contributed by atoms with Crippen molar-refractivity contribution in [2.24, 2.45) is 0 Å². The van der Waals surface area contributed by atoms with Gasteiger partial charge in [0.25, 0.3) is 0 Å². The molecule has 46 heavy (non-hydrogen) atoms. The van der Waals surface area contributed by atoms with Crippen LogP contribution in [0.4, 0.5) is 28.9 Å². The molecule has 2 amide bonds. The summed E-state index contributed by atoms with van der Waals surface area (Å²) in [5, 5.41) is 5.99. The summed E-state index contributed by atoms with van der Waals surface area (Å²) in [6.07, 6.45) is 0. The molecule has 0 fully saturated rings. The molecule has 3 aromatic carbocycles. The van der Waals surface area contributed by atoms with E-state index in [1.807, 2.05) is 64.1 Å². The number of nitrogens with zero attached hydrogens (tertiary/aromatic N) is 2. The average Bonchev–Trinajstić information content (AvgIpc) is 3.03. The molecule has 12 heteroatoms. The van der Waals surface area contributed by atoms with Gasteiger partial charge in [-0.1, -0.05) is 64.1 Å². The molecular weight excluding hydrogens is 732 g/mol. The molecular formula is C34H44Br2F4N4O2. The molecule has 0 aromatic heterocycles. The van der Waals surface area contributed by atoms with Gasteiger partial charge in [-0.3, -0.25) is 19.4 Å². The Morgan fingerprint density at radius 2 is 0.804 bits per heavy atom. The van der Waals surface area contributed by atoms with Gasteiger partial charge in [-0.05, 0) is 108 Å². The maximum absolute atomic E-state index is 12.6. The summed E-state index contributed by atoms with van der Waals surface area (Å²) in [5.74, 6) is -5.71. The molecule has 0 unspecified atom stereocenters. The zero-order valence-electron chi connectivity index (χ0n) is 27.7. The minimum Gasteiger partial charge on any atom is -0.324 e. The van der Waals surface area contributed by atoms with E-state index in [9.17, 15) is 27.2 Å². The smallest absolute Gasteiger partial charge is 0.238 e. The van der Waals surface area contributed by atoms with Crippen LogP contribution in [-0.2, 0) is 9.59 Å². The van der Waals surface area contributed by atoms with Crippen LogP contribution in [0.15, 0.2) is 45.3 Å². The van der Waals surface area contributed by atoms with Gasteiger partial charge in [-0.15, -0.1) is 0 Å². The van der Waals surface area contributed by atoms with Crippen molar-refractivity contribution >= 4 is 55.0 Å². The van der Waals surface area contributed by atoms with E-state index in [2.05, 4.69) is 80.0 Å². The van der Waals surface area contributed by atoms with Crippen LogP contribution >= 0.6 is 31.9 Å². The second-order valence-corrected chi connectivity index (χ2v) is 12.0. The molecule has 0 bridgehead atoms. The van der Waals surface area contributed by atoms with E-state index in [0.29, 0.717) is 13.1 Å². The van der Waals surface area contributed by atoms with Gasteiger partial charge in [0.2, 0.25) is 11.8 Å². The lowest BCUT2D eigenvalue weighted by Gasteiger charge is -2.18. The molecule has 0 atom stereocenters. The fourth-order valence-corrected chi connectivity index (χ4v) is 4.96. The first kappa shape index (κ1) is 41.2. The molecule has 6 nitrogen and oxygen atoms in total. The van der Waals surface area contributed by atoms with Gasteiger partial charge < -0.3 is 10.6 Å². The molecule has 0 heterocycles. The Morgan fingerprint density at radius 3 is 1.02 bits per heavy atom. The highest BCUT2D eigenvalue weighted by Gasteiger charge is 2.22. The number of hydrogen-bond acceptors (Lipinski definition) is 4. The molecule has 254 valence electrons. The lowest BCUT2D eigenvalue weighted by atomic mass is 10.1. The minimum absolute atomic E-state index is 0.0612. The van der Waals surface area contributed by atoms with Gasteiger partial charge in [0, 0.05) is 11.4 Å². The summed E-state index contributed by atoms with van der Waals surface area (Å²) in [4.78, 5) is 28.0.